The smallest absolute Gasteiger partial charge is 0.235 e. The van der Waals surface area contributed by atoms with Gasteiger partial charge in [-0.15, -0.1) is 0 Å². The molecule has 2 N–H and O–H groups in total. The quantitative estimate of drug-likeness (QED) is 0.800. The van der Waals surface area contributed by atoms with Gasteiger partial charge in [0.15, 0.2) is 0 Å². The number of carbonyl (C=O) groups excluding carboxylic acids is 2. The van der Waals surface area contributed by atoms with E-state index in [9.17, 15) is 9.59 Å². The summed E-state index contributed by atoms with van der Waals surface area (Å²) in [6, 6.07) is 6.30. The van der Waals surface area contributed by atoms with Crippen molar-refractivity contribution in [2.24, 2.45) is 13.0 Å². The Hall–Kier alpha value is -2.41. The highest BCUT2D eigenvalue weighted by molar-refractivity contribution is 6.02. The molecule has 0 radical (unpaired) electrons. The summed E-state index contributed by atoms with van der Waals surface area (Å²) < 4.78 is 1.83. The van der Waals surface area contributed by atoms with Crippen molar-refractivity contribution in [3.63, 3.8) is 0 Å². The number of aliphatic hydroxyl groups excluding tert-OH is 1. The summed E-state index contributed by atoms with van der Waals surface area (Å²) in [7, 11) is 1.90. The first-order valence-corrected chi connectivity index (χ1v) is 9.73. The molecule has 0 spiro atoms. The first-order chi connectivity index (χ1) is 13.1. The number of carbonyl (C=O) groups is 2. The molecule has 1 atom stereocenters. The second kappa shape index (κ2) is 7.31. The van der Waals surface area contributed by atoms with Crippen LogP contribution in [0, 0.1) is 5.92 Å². The van der Waals surface area contributed by atoms with Crippen molar-refractivity contribution < 1.29 is 14.7 Å². The monoisotopic (exact) mass is 370 g/mol. The molecular weight excluding hydrogens is 344 g/mol. The summed E-state index contributed by atoms with van der Waals surface area (Å²) in [6.45, 7) is 2.26. The average Bonchev–Trinajstić information content (AvgIpc) is 2.99. The van der Waals surface area contributed by atoms with Crippen LogP contribution in [0.3, 0.4) is 0 Å². The lowest BCUT2D eigenvalue weighted by atomic mass is 9.92. The fourth-order valence-electron chi connectivity index (χ4n) is 4.34. The summed E-state index contributed by atoms with van der Waals surface area (Å²) in [5, 5.41) is 17.1. The minimum Gasteiger partial charge on any atom is -0.396 e. The van der Waals surface area contributed by atoms with Crippen LogP contribution in [-0.2, 0) is 16.6 Å². The zero-order chi connectivity index (χ0) is 19.0. The lowest BCUT2D eigenvalue weighted by Crippen LogP contribution is -2.39. The number of nitrogens with one attached hydrogen (secondary N) is 1. The number of nitrogens with zero attached hydrogens (tertiary/aromatic N) is 3. The molecule has 144 valence electrons. The Kier molecular flexibility index (Phi) is 4.86. The number of rotatable bonds is 4. The van der Waals surface area contributed by atoms with E-state index in [1.165, 1.54) is 5.69 Å². The molecule has 2 fully saturated rings. The van der Waals surface area contributed by atoms with Crippen LogP contribution < -0.4 is 10.2 Å². The topological polar surface area (TPSA) is 87.5 Å². The van der Waals surface area contributed by atoms with Gasteiger partial charge in [-0.1, -0.05) is 0 Å². The maximum absolute atomic E-state index is 12.2. The van der Waals surface area contributed by atoms with Crippen LogP contribution in [0.2, 0.25) is 0 Å². The Bertz CT molecular complexity index is 867. The van der Waals surface area contributed by atoms with Crippen LogP contribution in [0.15, 0.2) is 18.2 Å². The molecule has 1 aromatic carbocycles. The number of hydrogen-bond acceptors (Lipinski definition) is 5. The van der Waals surface area contributed by atoms with Crippen molar-refractivity contribution >= 4 is 28.4 Å². The van der Waals surface area contributed by atoms with Gasteiger partial charge in [0.05, 0.1) is 17.1 Å². The van der Waals surface area contributed by atoms with Crippen LogP contribution in [-0.4, -0.2) is 46.4 Å². The van der Waals surface area contributed by atoms with Gasteiger partial charge in [-0.25, -0.2) is 0 Å². The van der Waals surface area contributed by atoms with Gasteiger partial charge in [0, 0.05) is 44.2 Å². The summed E-state index contributed by atoms with van der Waals surface area (Å²) in [4.78, 5) is 26.1. The Morgan fingerprint density at radius 1 is 1.22 bits per heavy atom. The van der Waals surface area contributed by atoms with E-state index in [1.807, 2.05) is 11.7 Å². The average molecular weight is 370 g/mol. The molecule has 2 amide bonds. The van der Waals surface area contributed by atoms with Crippen molar-refractivity contribution in [2.45, 2.75) is 38.0 Å². The largest absolute Gasteiger partial charge is 0.396 e. The number of anilines is 1. The third-order valence-corrected chi connectivity index (χ3v) is 5.95. The minimum absolute atomic E-state index is 0.205. The molecule has 0 bridgehead atoms. The highest BCUT2D eigenvalue weighted by Crippen LogP contribution is 2.33. The minimum atomic E-state index is -0.369. The first-order valence-electron chi connectivity index (χ1n) is 9.73. The number of piperidine rings is 2. The van der Waals surface area contributed by atoms with E-state index >= 15 is 0 Å². The highest BCUT2D eigenvalue weighted by Gasteiger charge is 2.31. The molecule has 7 heteroatoms. The number of aromatic nitrogens is 2. The normalized spacial score (nSPS) is 21.7. The molecule has 7 nitrogen and oxygen atoms in total. The number of benzene rings is 1. The molecule has 0 aliphatic carbocycles. The molecule has 0 saturated carbocycles. The standard InChI is InChI=1S/C20H26N4O3/c1-23-17-12-14(24-9-6-13(7-10-24)8-11-25)2-3-15(17)19(22-23)16-4-5-18(26)21-20(16)27/h2-3,12-13,16,25H,4-11H2,1H3,(H,21,26,27). The number of aliphatic hydroxyl groups is 1. The Morgan fingerprint density at radius 2 is 2.00 bits per heavy atom. The molecular formula is C20H26N4O3. The van der Waals surface area contributed by atoms with Gasteiger partial charge in [-0.3, -0.25) is 19.6 Å². The van der Waals surface area contributed by atoms with Crippen molar-refractivity contribution in [1.29, 1.82) is 0 Å². The molecule has 3 heterocycles. The van der Waals surface area contributed by atoms with E-state index in [1.54, 1.807) is 0 Å². The van der Waals surface area contributed by atoms with E-state index in [0.717, 1.165) is 48.9 Å². The predicted octanol–water partition coefficient (Wildman–Crippen LogP) is 1.69. The zero-order valence-electron chi connectivity index (χ0n) is 15.6. The third-order valence-electron chi connectivity index (χ3n) is 5.95. The van der Waals surface area contributed by atoms with Crippen molar-refractivity contribution in [3.8, 4) is 0 Å². The Balaban J connectivity index is 1.58. The van der Waals surface area contributed by atoms with Crippen molar-refractivity contribution in [2.75, 3.05) is 24.6 Å². The second-order valence-corrected chi connectivity index (χ2v) is 7.66. The van der Waals surface area contributed by atoms with Crippen LogP contribution in [0.4, 0.5) is 5.69 Å². The lowest BCUT2D eigenvalue weighted by molar-refractivity contribution is -0.134. The van der Waals surface area contributed by atoms with E-state index in [2.05, 4.69) is 33.5 Å². The van der Waals surface area contributed by atoms with Gasteiger partial charge >= 0.3 is 0 Å². The molecule has 2 saturated heterocycles. The number of fused-ring (bicyclic) bond motifs is 1. The maximum Gasteiger partial charge on any atom is 0.235 e. The van der Waals surface area contributed by atoms with Crippen LogP contribution in [0.5, 0.6) is 0 Å². The number of imide groups is 1. The highest BCUT2D eigenvalue weighted by atomic mass is 16.3. The van der Waals surface area contributed by atoms with E-state index < -0.39 is 0 Å². The number of aryl methyl sites for hydroxylation is 1. The van der Waals surface area contributed by atoms with Crippen molar-refractivity contribution in [1.82, 2.24) is 15.1 Å². The Labute approximate surface area is 158 Å². The van der Waals surface area contributed by atoms with Gasteiger partial charge in [0.1, 0.15) is 0 Å². The zero-order valence-corrected chi connectivity index (χ0v) is 15.6. The molecule has 4 rings (SSSR count). The summed E-state index contributed by atoms with van der Waals surface area (Å²) in [5.41, 5.74) is 2.93. The predicted molar refractivity (Wildman–Crippen MR) is 102 cm³/mol. The van der Waals surface area contributed by atoms with E-state index in [4.69, 9.17) is 5.11 Å². The molecule has 27 heavy (non-hydrogen) atoms. The summed E-state index contributed by atoms with van der Waals surface area (Å²) in [6.07, 6.45) is 3.97. The molecule has 2 aliphatic heterocycles. The summed E-state index contributed by atoms with van der Waals surface area (Å²) >= 11 is 0. The first kappa shape index (κ1) is 18.0. The molecule has 1 unspecified atom stereocenters. The maximum atomic E-state index is 12.2. The van der Waals surface area contributed by atoms with Gasteiger partial charge in [-0.2, -0.15) is 5.10 Å². The van der Waals surface area contributed by atoms with Gasteiger partial charge in [0.2, 0.25) is 11.8 Å². The molecule has 2 aromatic rings. The fraction of sp³-hybridized carbons (Fsp3) is 0.550. The summed E-state index contributed by atoms with van der Waals surface area (Å²) in [5.74, 6) is -0.207. The second-order valence-electron chi connectivity index (χ2n) is 7.66. The number of hydrogen-bond donors (Lipinski definition) is 2. The van der Waals surface area contributed by atoms with Gasteiger partial charge in [-0.05, 0) is 49.8 Å². The lowest BCUT2D eigenvalue weighted by Gasteiger charge is -2.33. The van der Waals surface area contributed by atoms with Gasteiger partial charge in [0.25, 0.3) is 0 Å². The number of amides is 2. The molecule has 1 aromatic heterocycles. The molecule has 2 aliphatic rings. The van der Waals surface area contributed by atoms with Crippen LogP contribution in [0.25, 0.3) is 10.9 Å². The van der Waals surface area contributed by atoms with E-state index in [-0.39, 0.29) is 24.3 Å². The van der Waals surface area contributed by atoms with Crippen LogP contribution in [0.1, 0.15) is 43.7 Å². The SMILES string of the molecule is Cn1nc(C2CCC(=O)NC2=O)c2ccc(N3CCC(CCO)CC3)cc21. The fourth-order valence-corrected chi connectivity index (χ4v) is 4.34. The Morgan fingerprint density at radius 3 is 2.70 bits per heavy atom. The third kappa shape index (κ3) is 3.43. The van der Waals surface area contributed by atoms with E-state index in [0.29, 0.717) is 18.8 Å². The van der Waals surface area contributed by atoms with Gasteiger partial charge < -0.3 is 10.0 Å². The van der Waals surface area contributed by atoms with Crippen molar-refractivity contribution in [3.05, 3.63) is 23.9 Å². The van der Waals surface area contributed by atoms with Crippen LogP contribution >= 0.6 is 0 Å².